The third-order valence-corrected chi connectivity index (χ3v) is 4.10. The van der Waals surface area contributed by atoms with Crippen molar-refractivity contribution < 1.29 is 33.3 Å². The molecule has 2 aromatic carbocycles. The zero-order valence-electron chi connectivity index (χ0n) is 16.6. The molecule has 3 rings (SSSR count). The number of benzene rings is 2. The zero-order valence-corrected chi connectivity index (χ0v) is 16.6. The van der Waals surface area contributed by atoms with Crippen molar-refractivity contribution >= 4 is 23.9 Å². The van der Waals surface area contributed by atoms with Crippen molar-refractivity contribution in [3.8, 4) is 23.0 Å². The van der Waals surface area contributed by atoms with E-state index in [4.69, 9.17) is 29.4 Å². The van der Waals surface area contributed by atoms with Crippen LogP contribution in [0.25, 0.3) is 6.08 Å². The molecule has 9 nitrogen and oxygen atoms in total. The first-order valence-corrected chi connectivity index (χ1v) is 8.79. The topological polar surface area (TPSA) is 119 Å². The quantitative estimate of drug-likeness (QED) is 0.520. The fourth-order valence-corrected chi connectivity index (χ4v) is 2.71. The van der Waals surface area contributed by atoms with Gasteiger partial charge in [0, 0.05) is 5.56 Å². The summed E-state index contributed by atoms with van der Waals surface area (Å²) in [5.41, 5.74) is 6.37. The number of nitrogens with two attached hydrogens (primary N) is 1. The lowest BCUT2D eigenvalue weighted by atomic mass is 10.1. The standard InChI is InChI=1S/C21H20N2O7/c1-26-16-9-13(10-17(27-2)19(16)28-3)20-23-15(21(25)30-20)8-12-4-6-14(7-5-12)29-11-18(22)24/h4-10H,11H2,1-3H3,(H2,22,24)/b15-8-. The Morgan fingerprint density at radius 3 is 2.23 bits per heavy atom. The van der Waals surface area contributed by atoms with E-state index in [1.165, 1.54) is 21.3 Å². The van der Waals surface area contributed by atoms with Crippen LogP contribution in [0.3, 0.4) is 0 Å². The Labute approximate surface area is 172 Å². The van der Waals surface area contributed by atoms with Gasteiger partial charge in [-0.1, -0.05) is 12.1 Å². The van der Waals surface area contributed by atoms with Crippen LogP contribution in [0.1, 0.15) is 11.1 Å². The number of aliphatic imine (C=N–C) groups is 1. The zero-order chi connectivity index (χ0) is 21.7. The highest BCUT2D eigenvalue weighted by atomic mass is 16.6. The number of carbonyl (C=O) groups excluding carboxylic acids is 2. The van der Waals surface area contributed by atoms with E-state index >= 15 is 0 Å². The summed E-state index contributed by atoms with van der Waals surface area (Å²) in [6, 6.07) is 10.0. The summed E-state index contributed by atoms with van der Waals surface area (Å²) < 4.78 is 26.4. The van der Waals surface area contributed by atoms with E-state index in [1.807, 2.05) is 0 Å². The van der Waals surface area contributed by atoms with Gasteiger partial charge in [-0.2, -0.15) is 0 Å². The highest BCUT2D eigenvalue weighted by Crippen LogP contribution is 2.39. The van der Waals surface area contributed by atoms with Gasteiger partial charge in [-0.3, -0.25) is 4.79 Å². The van der Waals surface area contributed by atoms with Crippen molar-refractivity contribution in [1.82, 2.24) is 0 Å². The van der Waals surface area contributed by atoms with Crippen LogP contribution in [0.4, 0.5) is 0 Å². The number of ether oxygens (including phenoxy) is 5. The Morgan fingerprint density at radius 2 is 1.70 bits per heavy atom. The molecule has 0 fully saturated rings. The highest BCUT2D eigenvalue weighted by Gasteiger charge is 2.26. The first-order chi connectivity index (χ1) is 14.4. The summed E-state index contributed by atoms with van der Waals surface area (Å²) in [7, 11) is 4.48. The molecule has 0 aromatic heterocycles. The van der Waals surface area contributed by atoms with Gasteiger partial charge in [0.05, 0.1) is 21.3 Å². The van der Waals surface area contributed by atoms with Crippen LogP contribution in [0.5, 0.6) is 23.0 Å². The highest BCUT2D eigenvalue weighted by molar-refractivity contribution is 6.13. The molecule has 0 saturated heterocycles. The molecule has 1 aliphatic rings. The molecule has 30 heavy (non-hydrogen) atoms. The average molecular weight is 412 g/mol. The number of carbonyl (C=O) groups is 2. The molecular formula is C21H20N2O7. The van der Waals surface area contributed by atoms with Crippen LogP contribution in [-0.2, 0) is 14.3 Å². The molecule has 0 bridgehead atoms. The summed E-state index contributed by atoms with van der Waals surface area (Å²) in [6.07, 6.45) is 1.57. The number of methoxy groups -OCH3 is 3. The van der Waals surface area contributed by atoms with Gasteiger partial charge in [0.1, 0.15) is 5.75 Å². The first-order valence-electron chi connectivity index (χ1n) is 8.79. The lowest BCUT2D eigenvalue weighted by Crippen LogP contribution is -2.19. The third kappa shape index (κ3) is 4.52. The minimum absolute atomic E-state index is 0.118. The van der Waals surface area contributed by atoms with Crippen molar-refractivity contribution in [2.75, 3.05) is 27.9 Å². The number of hydrogen-bond acceptors (Lipinski definition) is 8. The SMILES string of the molecule is COc1cc(C2=N/C(=C\c3ccc(OCC(N)=O)cc3)C(=O)O2)cc(OC)c1OC. The molecule has 0 atom stereocenters. The number of primary amides is 1. The number of hydrogen-bond donors (Lipinski definition) is 1. The molecule has 1 amide bonds. The second-order valence-corrected chi connectivity index (χ2v) is 6.07. The van der Waals surface area contributed by atoms with Crippen LogP contribution >= 0.6 is 0 Å². The fraction of sp³-hybridized carbons (Fsp3) is 0.190. The molecule has 2 aromatic rings. The Kier molecular flexibility index (Phi) is 6.21. The predicted molar refractivity (Wildman–Crippen MR) is 108 cm³/mol. The molecule has 2 N–H and O–H groups in total. The third-order valence-electron chi connectivity index (χ3n) is 4.10. The van der Waals surface area contributed by atoms with Crippen molar-refractivity contribution in [3.05, 3.63) is 53.2 Å². The normalized spacial score (nSPS) is 14.2. The fourth-order valence-electron chi connectivity index (χ4n) is 2.71. The second-order valence-electron chi connectivity index (χ2n) is 6.07. The molecule has 9 heteroatoms. The van der Waals surface area contributed by atoms with E-state index in [9.17, 15) is 9.59 Å². The Bertz CT molecular complexity index is 1000. The van der Waals surface area contributed by atoms with Gasteiger partial charge in [-0.05, 0) is 35.9 Å². The van der Waals surface area contributed by atoms with Gasteiger partial charge in [0.15, 0.2) is 23.8 Å². The van der Waals surface area contributed by atoms with Crippen molar-refractivity contribution in [2.45, 2.75) is 0 Å². The maximum atomic E-state index is 12.3. The maximum Gasteiger partial charge on any atom is 0.363 e. The van der Waals surface area contributed by atoms with Crippen LogP contribution < -0.4 is 24.7 Å². The Hall–Kier alpha value is -4.01. The minimum Gasteiger partial charge on any atom is -0.493 e. The lowest BCUT2D eigenvalue weighted by Gasteiger charge is -2.13. The molecule has 0 saturated carbocycles. The van der Waals surface area contributed by atoms with Gasteiger partial charge in [0.25, 0.3) is 5.91 Å². The van der Waals surface area contributed by atoms with Crippen LogP contribution in [0.15, 0.2) is 47.1 Å². The van der Waals surface area contributed by atoms with E-state index < -0.39 is 11.9 Å². The molecule has 0 aliphatic carbocycles. The van der Waals surface area contributed by atoms with Gasteiger partial charge in [-0.15, -0.1) is 0 Å². The van der Waals surface area contributed by atoms with Gasteiger partial charge in [-0.25, -0.2) is 9.79 Å². The summed E-state index contributed by atoms with van der Waals surface area (Å²) in [5.74, 6) is 0.682. The number of amides is 1. The van der Waals surface area contributed by atoms with Gasteiger partial charge < -0.3 is 29.4 Å². The number of cyclic esters (lactones) is 1. The monoisotopic (exact) mass is 412 g/mol. The summed E-state index contributed by atoms with van der Waals surface area (Å²) in [6.45, 7) is -0.213. The van der Waals surface area contributed by atoms with Crippen molar-refractivity contribution in [2.24, 2.45) is 10.7 Å². The number of rotatable bonds is 8. The second kappa shape index (κ2) is 8.99. The molecule has 0 radical (unpaired) electrons. The summed E-state index contributed by atoms with van der Waals surface area (Å²) >= 11 is 0. The van der Waals surface area contributed by atoms with E-state index in [2.05, 4.69) is 4.99 Å². The predicted octanol–water partition coefficient (Wildman–Crippen LogP) is 1.92. The van der Waals surface area contributed by atoms with Crippen LogP contribution in [0, 0.1) is 0 Å². The van der Waals surface area contributed by atoms with E-state index in [0.717, 1.165) is 0 Å². The molecule has 1 aliphatic heterocycles. The van der Waals surface area contributed by atoms with Gasteiger partial charge in [0.2, 0.25) is 11.6 Å². The smallest absolute Gasteiger partial charge is 0.363 e. The first kappa shape index (κ1) is 20.7. The molecule has 0 unspecified atom stereocenters. The summed E-state index contributed by atoms with van der Waals surface area (Å²) in [4.78, 5) is 27.3. The summed E-state index contributed by atoms with van der Waals surface area (Å²) in [5, 5.41) is 0. The average Bonchev–Trinajstić information content (AvgIpc) is 3.12. The molecular weight excluding hydrogens is 392 g/mol. The Morgan fingerprint density at radius 1 is 1.07 bits per heavy atom. The van der Waals surface area contributed by atoms with Crippen LogP contribution in [0.2, 0.25) is 0 Å². The van der Waals surface area contributed by atoms with E-state index in [0.29, 0.717) is 34.1 Å². The molecule has 0 spiro atoms. The van der Waals surface area contributed by atoms with E-state index in [1.54, 1.807) is 42.5 Å². The Balaban J connectivity index is 1.87. The van der Waals surface area contributed by atoms with Gasteiger partial charge >= 0.3 is 5.97 Å². The van der Waals surface area contributed by atoms with Crippen molar-refractivity contribution in [3.63, 3.8) is 0 Å². The molecule has 156 valence electrons. The minimum atomic E-state index is -0.590. The number of nitrogens with zero attached hydrogens (tertiary/aromatic N) is 1. The lowest BCUT2D eigenvalue weighted by molar-refractivity contribution is -0.130. The largest absolute Gasteiger partial charge is 0.493 e. The molecule has 1 heterocycles. The van der Waals surface area contributed by atoms with Crippen LogP contribution in [-0.4, -0.2) is 45.7 Å². The maximum absolute atomic E-state index is 12.3. The van der Waals surface area contributed by atoms with Crippen molar-refractivity contribution in [1.29, 1.82) is 0 Å². The number of esters is 1. The van der Waals surface area contributed by atoms with E-state index in [-0.39, 0.29) is 18.2 Å².